The highest BCUT2D eigenvalue weighted by Crippen LogP contribution is 2.18. The average molecular weight is 698 g/mol. The molecule has 1 amide bonds. The smallest absolute Gasteiger partial charge is 0.322 e. The van der Waals surface area contributed by atoms with E-state index in [-0.39, 0.29) is 24.5 Å². The molecule has 0 bridgehead atoms. The third kappa shape index (κ3) is 37.9. The summed E-state index contributed by atoms with van der Waals surface area (Å²) in [5.74, 6) is -1.26. The molecule has 0 aliphatic carbocycles. The van der Waals surface area contributed by atoms with Gasteiger partial charge < -0.3 is 15.2 Å². The zero-order valence-corrected chi connectivity index (χ0v) is 32.2. The summed E-state index contributed by atoms with van der Waals surface area (Å²) in [6, 6.07) is 0. The molecule has 0 rings (SSSR count). The second kappa shape index (κ2) is 38.9. The number of esters is 1. The number of ether oxygens (including phenoxy) is 1. The van der Waals surface area contributed by atoms with E-state index in [9.17, 15) is 14.4 Å². The molecular formula is C44H75NO5. The Hall–Kier alpha value is -2.89. The first kappa shape index (κ1) is 47.1. The van der Waals surface area contributed by atoms with Crippen LogP contribution in [-0.2, 0) is 19.1 Å². The van der Waals surface area contributed by atoms with Crippen LogP contribution in [0.3, 0.4) is 0 Å². The van der Waals surface area contributed by atoms with Gasteiger partial charge in [-0.1, -0.05) is 152 Å². The number of carbonyl (C=O) groups is 3. The molecule has 0 aliphatic heterocycles. The van der Waals surface area contributed by atoms with Crippen molar-refractivity contribution >= 4 is 17.8 Å². The highest BCUT2D eigenvalue weighted by atomic mass is 16.5. The first-order valence-corrected chi connectivity index (χ1v) is 20.4. The van der Waals surface area contributed by atoms with Crippen molar-refractivity contribution in [1.82, 2.24) is 5.32 Å². The largest absolute Gasteiger partial charge is 0.480 e. The molecule has 0 aromatic carbocycles. The SMILES string of the molecule is CC/C=C\C/C=C\C/C=C\C/C=C\C/C=C\CCCCCCCC(=O)OC(CCCCCCCCC)CCCCCCCC(=O)NCC(=O)O. The van der Waals surface area contributed by atoms with Crippen molar-refractivity contribution in [3.05, 3.63) is 60.8 Å². The van der Waals surface area contributed by atoms with Crippen LogP contribution in [0.25, 0.3) is 0 Å². The Morgan fingerprint density at radius 1 is 0.540 bits per heavy atom. The summed E-state index contributed by atoms with van der Waals surface area (Å²) < 4.78 is 5.98. The van der Waals surface area contributed by atoms with Gasteiger partial charge in [-0.25, -0.2) is 0 Å². The molecule has 6 nitrogen and oxygen atoms in total. The summed E-state index contributed by atoms with van der Waals surface area (Å²) in [7, 11) is 0. The Bertz CT molecular complexity index is 948. The fourth-order valence-corrected chi connectivity index (χ4v) is 5.72. The molecular weight excluding hydrogens is 622 g/mol. The van der Waals surface area contributed by atoms with Crippen LogP contribution in [0.2, 0.25) is 0 Å². The Morgan fingerprint density at radius 2 is 0.980 bits per heavy atom. The van der Waals surface area contributed by atoms with E-state index in [0.29, 0.717) is 12.8 Å². The molecule has 0 aromatic rings. The fourth-order valence-electron chi connectivity index (χ4n) is 5.72. The maximum atomic E-state index is 12.7. The van der Waals surface area contributed by atoms with Crippen LogP contribution in [0, 0.1) is 0 Å². The van der Waals surface area contributed by atoms with Gasteiger partial charge in [0.25, 0.3) is 0 Å². The number of carboxylic acids is 1. The molecule has 0 spiro atoms. The number of aliphatic carboxylic acids is 1. The first-order valence-electron chi connectivity index (χ1n) is 20.4. The normalized spacial score (nSPS) is 12.7. The quantitative estimate of drug-likeness (QED) is 0.0386. The lowest BCUT2D eigenvalue weighted by Gasteiger charge is -2.18. The van der Waals surface area contributed by atoms with E-state index in [4.69, 9.17) is 9.84 Å². The number of hydrogen-bond donors (Lipinski definition) is 2. The number of carboxylic acid groups (broad SMARTS) is 1. The molecule has 1 atom stereocenters. The van der Waals surface area contributed by atoms with Gasteiger partial charge >= 0.3 is 11.9 Å². The van der Waals surface area contributed by atoms with E-state index in [0.717, 1.165) is 103 Å². The van der Waals surface area contributed by atoms with E-state index < -0.39 is 5.97 Å². The maximum Gasteiger partial charge on any atom is 0.322 e. The number of unbranched alkanes of at least 4 members (excludes halogenated alkanes) is 15. The van der Waals surface area contributed by atoms with Gasteiger partial charge in [-0.15, -0.1) is 0 Å². The van der Waals surface area contributed by atoms with E-state index in [1.807, 2.05) is 0 Å². The summed E-state index contributed by atoms with van der Waals surface area (Å²) in [6.45, 7) is 4.09. The monoisotopic (exact) mass is 698 g/mol. The lowest BCUT2D eigenvalue weighted by molar-refractivity contribution is -0.150. The molecule has 0 aliphatic rings. The molecule has 1 unspecified atom stereocenters. The lowest BCUT2D eigenvalue weighted by Crippen LogP contribution is -2.28. The Morgan fingerprint density at radius 3 is 1.50 bits per heavy atom. The van der Waals surface area contributed by atoms with Crippen LogP contribution in [0.15, 0.2) is 60.8 Å². The van der Waals surface area contributed by atoms with Gasteiger partial charge in [0.15, 0.2) is 0 Å². The highest BCUT2D eigenvalue weighted by molar-refractivity contribution is 5.80. The van der Waals surface area contributed by atoms with Crippen LogP contribution >= 0.6 is 0 Å². The predicted octanol–water partition coefficient (Wildman–Crippen LogP) is 12.5. The average Bonchev–Trinajstić information content (AvgIpc) is 3.10. The third-order valence-electron chi connectivity index (χ3n) is 8.70. The van der Waals surface area contributed by atoms with Crippen molar-refractivity contribution in [2.75, 3.05) is 6.54 Å². The van der Waals surface area contributed by atoms with Crippen molar-refractivity contribution in [3.8, 4) is 0 Å². The second-order valence-corrected chi connectivity index (χ2v) is 13.5. The molecule has 50 heavy (non-hydrogen) atoms. The van der Waals surface area contributed by atoms with E-state index in [1.165, 1.54) is 57.8 Å². The standard InChI is InChI=1S/C44H75NO5/c1-3-5-7-9-11-12-13-14-15-16-17-18-19-20-21-22-23-24-26-31-35-39-44(49)50-41(36-32-28-25-10-8-6-4-2)37-33-29-27-30-34-38-42(46)45-40-43(47)48/h5,7,11-12,14-15,17-18,20-21,41H,3-4,6,8-10,13,16,19,22-40H2,1-2H3,(H,45,46)(H,47,48)/b7-5-,12-11-,15-14-,18-17-,21-20-. The van der Waals surface area contributed by atoms with Gasteiger partial charge in [0.1, 0.15) is 12.6 Å². The van der Waals surface area contributed by atoms with Crippen LogP contribution in [0.5, 0.6) is 0 Å². The third-order valence-corrected chi connectivity index (χ3v) is 8.70. The van der Waals surface area contributed by atoms with E-state index in [2.05, 4.69) is 79.9 Å². The van der Waals surface area contributed by atoms with Gasteiger partial charge in [-0.05, 0) is 83.5 Å². The molecule has 0 fully saturated rings. The van der Waals surface area contributed by atoms with Gasteiger partial charge in [-0.2, -0.15) is 0 Å². The number of amides is 1. The number of hydrogen-bond acceptors (Lipinski definition) is 4. The van der Waals surface area contributed by atoms with Crippen molar-refractivity contribution in [3.63, 3.8) is 0 Å². The Kier molecular flexibility index (Phi) is 36.7. The highest BCUT2D eigenvalue weighted by Gasteiger charge is 2.14. The van der Waals surface area contributed by atoms with E-state index >= 15 is 0 Å². The number of carbonyl (C=O) groups excluding carboxylic acids is 2. The number of allylic oxidation sites excluding steroid dienone is 10. The number of rotatable bonds is 36. The van der Waals surface area contributed by atoms with Crippen LogP contribution < -0.4 is 5.32 Å². The molecule has 6 heteroatoms. The minimum Gasteiger partial charge on any atom is -0.480 e. The summed E-state index contributed by atoms with van der Waals surface area (Å²) in [4.78, 5) is 34.9. The van der Waals surface area contributed by atoms with Crippen molar-refractivity contribution < 1.29 is 24.2 Å². The van der Waals surface area contributed by atoms with Crippen molar-refractivity contribution in [2.24, 2.45) is 0 Å². The first-order chi connectivity index (χ1) is 24.5. The minimum absolute atomic E-state index is 0.0170. The molecule has 0 saturated carbocycles. The molecule has 0 aromatic heterocycles. The molecule has 0 heterocycles. The van der Waals surface area contributed by atoms with Gasteiger partial charge in [-0.3, -0.25) is 14.4 Å². The van der Waals surface area contributed by atoms with Gasteiger partial charge in [0.05, 0.1) is 0 Å². The molecule has 0 saturated heterocycles. The second-order valence-electron chi connectivity index (χ2n) is 13.5. The zero-order valence-electron chi connectivity index (χ0n) is 32.2. The number of nitrogens with one attached hydrogen (secondary N) is 1. The minimum atomic E-state index is -1.02. The lowest BCUT2D eigenvalue weighted by atomic mass is 10.0. The van der Waals surface area contributed by atoms with Gasteiger partial charge in [0, 0.05) is 12.8 Å². The predicted molar refractivity (Wildman–Crippen MR) is 212 cm³/mol. The Balaban J connectivity index is 4.06. The van der Waals surface area contributed by atoms with Crippen molar-refractivity contribution in [2.45, 2.75) is 193 Å². The Labute approximate surface area is 307 Å². The molecule has 286 valence electrons. The van der Waals surface area contributed by atoms with Crippen LogP contribution in [0.4, 0.5) is 0 Å². The fraction of sp³-hybridized carbons (Fsp3) is 0.705. The summed E-state index contributed by atoms with van der Waals surface area (Å²) in [5, 5.41) is 11.1. The molecule has 2 N–H and O–H groups in total. The van der Waals surface area contributed by atoms with E-state index in [1.54, 1.807) is 0 Å². The van der Waals surface area contributed by atoms with Crippen LogP contribution in [-0.4, -0.2) is 35.6 Å². The summed E-state index contributed by atoms with van der Waals surface area (Å²) in [5.41, 5.74) is 0. The zero-order chi connectivity index (χ0) is 36.6. The topological polar surface area (TPSA) is 92.7 Å². The van der Waals surface area contributed by atoms with Crippen LogP contribution in [0.1, 0.15) is 187 Å². The summed E-state index contributed by atoms with van der Waals surface area (Å²) >= 11 is 0. The summed E-state index contributed by atoms with van der Waals surface area (Å²) in [6.07, 6.45) is 50.6. The van der Waals surface area contributed by atoms with Gasteiger partial charge in [0.2, 0.25) is 5.91 Å². The molecule has 0 radical (unpaired) electrons. The van der Waals surface area contributed by atoms with Crippen molar-refractivity contribution in [1.29, 1.82) is 0 Å². The maximum absolute atomic E-state index is 12.7.